The summed E-state index contributed by atoms with van der Waals surface area (Å²) in [7, 11) is 0. The van der Waals surface area contributed by atoms with Crippen LogP contribution in [0.1, 0.15) is 17.3 Å². The number of halogens is 2. The average molecular weight is 366 g/mol. The van der Waals surface area contributed by atoms with Gasteiger partial charge in [-0.3, -0.25) is 0 Å². The minimum Gasteiger partial charge on any atom is -0.462 e. The summed E-state index contributed by atoms with van der Waals surface area (Å²) < 4.78 is 7.12. The fourth-order valence-corrected chi connectivity index (χ4v) is 3.73. The lowest BCUT2D eigenvalue weighted by molar-refractivity contribution is 0.0528. The van der Waals surface area contributed by atoms with Crippen molar-refractivity contribution >= 4 is 40.5 Å². The van der Waals surface area contributed by atoms with Crippen LogP contribution in [0, 0.1) is 0 Å². The van der Waals surface area contributed by atoms with Gasteiger partial charge in [0, 0.05) is 38.9 Å². The van der Waals surface area contributed by atoms with Crippen molar-refractivity contribution < 1.29 is 9.53 Å². The predicted molar refractivity (Wildman–Crippen MR) is 95.1 cm³/mol. The largest absolute Gasteiger partial charge is 0.462 e. The molecule has 0 bridgehead atoms. The summed E-state index contributed by atoms with van der Waals surface area (Å²) in [5, 5.41) is 3.79. The van der Waals surface area contributed by atoms with Crippen LogP contribution in [0.15, 0.2) is 48.1 Å². The van der Waals surface area contributed by atoms with Gasteiger partial charge in [-0.15, -0.1) is 11.3 Å². The average Bonchev–Trinajstić information content (AvgIpc) is 3.18. The van der Waals surface area contributed by atoms with Gasteiger partial charge in [-0.1, -0.05) is 23.2 Å². The van der Waals surface area contributed by atoms with Crippen molar-refractivity contribution in [2.24, 2.45) is 0 Å². The fourth-order valence-electron chi connectivity index (χ4n) is 2.31. The van der Waals surface area contributed by atoms with Crippen LogP contribution in [-0.2, 0) is 4.74 Å². The lowest BCUT2D eigenvalue weighted by atomic mass is 10.0. The molecule has 6 heteroatoms. The lowest BCUT2D eigenvalue weighted by Gasteiger charge is -2.09. The Morgan fingerprint density at radius 1 is 1.22 bits per heavy atom. The molecule has 3 aromatic rings. The SMILES string of the molecule is CCOC(=O)c1c(-c2cc(Cl)ccc2Cl)csc1-n1cccc1. The molecule has 0 fully saturated rings. The van der Waals surface area contributed by atoms with Crippen LogP contribution in [0.3, 0.4) is 0 Å². The molecule has 2 heterocycles. The molecule has 3 rings (SSSR count). The van der Waals surface area contributed by atoms with E-state index in [1.165, 1.54) is 11.3 Å². The number of esters is 1. The molecule has 118 valence electrons. The van der Waals surface area contributed by atoms with Gasteiger partial charge < -0.3 is 9.30 Å². The number of carbonyl (C=O) groups is 1. The van der Waals surface area contributed by atoms with Crippen LogP contribution in [0.2, 0.25) is 10.0 Å². The van der Waals surface area contributed by atoms with Gasteiger partial charge in [0.1, 0.15) is 10.6 Å². The van der Waals surface area contributed by atoms with Gasteiger partial charge >= 0.3 is 5.97 Å². The molecular weight excluding hydrogens is 353 g/mol. The molecule has 0 aliphatic carbocycles. The van der Waals surface area contributed by atoms with Crippen LogP contribution in [0.5, 0.6) is 0 Å². The molecule has 0 unspecified atom stereocenters. The first-order valence-corrected chi connectivity index (χ1v) is 8.62. The number of hydrogen-bond acceptors (Lipinski definition) is 3. The summed E-state index contributed by atoms with van der Waals surface area (Å²) in [4.78, 5) is 12.5. The van der Waals surface area contributed by atoms with E-state index >= 15 is 0 Å². The summed E-state index contributed by atoms with van der Waals surface area (Å²) in [5.41, 5.74) is 1.94. The molecule has 1 aromatic carbocycles. The molecule has 0 saturated heterocycles. The van der Waals surface area contributed by atoms with Gasteiger partial charge in [0.05, 0.1) is 6.61 Å². The molecule has 23 heavy (non-hydrogen) atoms. The predicted octanol–water partition coefficient (Wildman–Crippen LogP) is 5.69. The second-order valence-corrected chi connectivity index (χ2v) is 6.47. The lowest BCUT2D eigenvalue weighted by Crippen LogP contribution is -2.08. The first-order chi connectivity index (χ1) is 11.1. The molecule has 0 aliphatic heterocycles. The van der Waals surface area contributed by atoms with E-state index in [1.54, 1.807) is 25.1 Å². The highest BCUT2D eigenvalue weighted by molar-refractivity contribution is 7.13. The molecule has 0 amide bonds. The van der Waals surface area contributed by atoms with Crippen molar-refractivity contribution in [2.75, 3.05) is 6.61 Å². The van der Waals surface area contributed by atoms with Gasteiger partial charge in [0.25, 0.3) is 0 Å². The Morgan fingerprint density at radius 2 is 1.96 bits per heavy atom. The van der Waals surface area contributed by atoms with Crippen molar-refractivity contribution in [2.45, 2.75) is 6.92 Å². The third-order valence-electron chi connectivity index (χ3n) is 3.31. The number of rotatable bonds is 4. The third kappa shape index (κ3) is 3.15. The molecular formula is C17H13Cl2NO2S. The molecule has 2 aromatic heterocycles. The Balaban J connectivity index is 2.21. The second-order valence-electron chi connectivity index (χ2n) is 4.76. The second kappa shape index (κ2) is 6.79. The maximum atomic E-state index is 12.5. The van der Waals surface area contributed by atoms with Crippen molar-refractivity contribution in [1.82, 2.24) is 4.57 Å². The molecule has 0 radical (unpaired) electrons. The Morgan fingerprint density at radius 3 is 2.65 bits per heavy atom. The summed E-state index contributed by atoms with van der Waals surface area (Å²) >= 11 is 13.9. The Bertz CT molecular complexity index is 840. The quantitative estimate of drug-likeness (QED) is 0.556. The monoisotopic (exact) mass is 365 g/mol. The highest BCUT2D eigenvalue weighted by atomic mass is 35.5. The maximum absolute atomic E-state index is 12.5. The van der Waals surface area contributed by atoms with Crippen LogP contribution >= 0.6 is 34.5 Å². The number of aromatic nitrogens is 1. The highest BCUT2D eigenvalue weighted by Crippen LogP contribution is 2.39. The number of ether oxygens (including phenoxy) is 1. The molecule has 0 atom stereocenters. The molecule has 0 saturated carbocycles. The standard InChI is InChI=1S/C17H13Cl2NO2S/c1-2-22-17(21)15-13(12-9-11(18)5-6-14(12)19)10-23-16(15)20-7-3-4-8-20/h3-10H,2H2,1H3. The number of thiophene rings is 1. The Kier molecular flexibility index (Phi) is 4.76. The van der Waals surface area contributed by atoms with Gasteiger partial charge in [-0.2, -0.15) is 0 Å². The van der Waals surface area contributed by atoms with E-state index in [0.717, 1.165) is 16.1 Å². The molecule has 0 N–H and O–H groups in total. The first kappa shape index (κ1) is 16.1. The zero-order valence-electron chi connectivity index (χ0n) is 12.3. The number of carbonyl (C=O) groups excluding carboxylic acids is 1. The summed E-state index contributed by atoms with van der Waals surface area (Å²) in [6.07, 6.45) is 3.77. The number of hydrogen-bond donors (Lipinski definition) is 0. The summed E-state index contributed by atoms with van der Waals surface area (Å²) in [5.74, 6) is -0.372. The maximum Gasteiger partial charge on any atom is 0.341 e. The molecule has 0 spiro atoms. The van der Waals surface area contributed by atoms with Crippen molar-refractivity contribution in [3.05, 3.63) is 63.7 Å². The summed E-state index contributed by atoms with van der Waals surface area (Å²) in [6.45, 7) is 2.09. The topological polar surface area (TPSA) is 31.2 Å². The van der Waals surface area contributed by atoms with E-state index in [9.17, 15) is 4.79 Å². The minimum atomic E-state index is -0.372. The van der Waals surface area contributed by atoms with E-state index < -0.39 is 0 Å². The van der Waals surface area contributed by atoms with Crippen LogP contribution in [-0.4, -0.2) is 17.1 Å². The van der Waals surface area contributed by atoms with E-state index in [2.05, 4.69) is 0 Å². The highest BCUT2D eigenvalue weighted by Gasteiger charge is 2.23. The number of benzene rings is 1. The normalized spacial score (nSPS) is 10.7. The van der Waals surface area contributed by atoms with E-state index in [4.69, 9.17) is 27.9 Å². The van der Waals surface area contributed by atoms with Crippen molar-refractivity contribution in [3.63, 3.8) is 0 Å². The van der Waals surface area contributed by atoms with Crippen LogP contribution in [0.4, 0.5) is 0 Å². The minimum absolute atomic E-state index is 0.308. The molecule has 0 aliphatic rings. The van der Waals surface area contributed by atoms with Crippen LogP contribution < -0.4 is 0 Å². The Hall–Kier alpha value is -1.75. The molecule has 3 nitrogen and oxygen atoms in total. The van der Waals surface area contributed by atoms with E-state index in [0.29, 0.717) is 22.2 Å². The van der Waals surface area contributed by atoms with Gasteiger partial charge in [0.15, 0.2) is 0 Å². The smallest absolute Gasteiger partial charge is 0.341 e. The van der Waals surface area contributed by atoms with Gasteiger partial charge in [-0.25, -0.2) is 4.79 Å². The van der Waals surface area contributed by atoms with Gasteiger partial charge in [-0.05, 0) is 37.3 Å². The Labute approximate surface area is 148 Å². The van der Waals surface area contributed by atoms with E-state index in [-0.39, 0.29) is 5.97 Å². The van der Waals surface area contributed by atoms with Crippen molar-refractivity contribution in [3.8, 4) is 16.1 Å². The van der Waals surface area contributed by atoms with Gasteiger partial charge in [0.2, 0.25) is 0 Å². The van der Waals surface area contributed by atoms with Crippen LogP contribution in [0.25, 0.3) is 16.1 Å². The third-order valence-corrected chi connectivity index (χ3v) is 4.87. The van der Waals surface area contributed by atoms with E-state index in [1.807, 2.05) is 34.5 Å². The zero-order chi connectivity index (χ0) is 16.4. The number of nitrogens with zero attached hydrogens (tertiary/aromatic N) is 1. The fraction of sp³-hybridized carbons (Fsp3) is 0.118. The zero-order valence-corrected chi connectivity index (χ0v) is 14.6. The van der Waals surface area contributed by atoms with Crippen molar-refractivity contribution in [1.29, 1.82) is 0 Å². The summed E-state index contributed by atoms with van der Waals surface area (Å²) in [6, 6.07) is 9.01. The first-order valence-electron chi connectivity index (χ1n) is 6.99.